The van der Waals surface area contributed by atoms with Crippen LogP contribution in [0.5, 0.6) is 5.75 Å². The molecule has 1 aliphatic rings. The number of ether oxygens (including phenoxy) is 2. The second-order valence-corrected chi connectivity index (χ2v) is 6.07. The lowest BCUT2D eigenvalue weighted by molar-refractivity contribution is 0.0894. The molecule has 0 aromatic carbocycles. The summed E-state index contributed by atoms with van der Waals surface area (Å²) in [6, 6.07) is 0.988. The number of aryl methyl sites for hydroxylation is 1. The zero-order chi connectivity index (χ0) is 16.4. The number of amides is 1. The first kappa shape index (κ1) is 15.9. The fraction of sp³-hybridized carbons (Fsp3) is 0.429. The van der Waals surface area contributed by atoms with Gasteiger partial charge in [0, 0.05) is 7.05 Å². The zero-order valence-electron chi connectivity index (χ0n) is 12.2. The van der Waals surface area contributed by atoms with Crippen LogP contribution in [-0.2, 0) is 11.8 Å². The molecular formula is C14H15F2N3O3S. The van der Waals surface area contributed by atoms with Crippen LogP contribution in [0.2, 0.25) is 0 Å². The molecule has 0 spiro atoms. The number of aromatic nitrogens is 2. The summed E-state index contributed by atoms with van der Waals surface area (Å²) in [5.41, 5.74) is -0.00275. The molecule has 1 saturated heterocycles. The lowest BCUT2D eigenvalue weighted by Gasteiger charge is -2.19. The van der Waals surface area contributed by atoms with E-state index in [0.717, 1.165) is 11.3 Å². The average Bonchev–Trinajstić information content (AvgIpc) is 3.21. The maximum atomic E-state index is 12.9. The summed E-state index contributed by atoms with van der Waals surface area (Å²) in [6.07, 6.45) is 0.200. The number of thiophene rings is 1. The Balaban J connectivity index is 1.66. The van der Waals surface area contributed by atoms with E-state index in [0.29, 0.717) is 12.4 Å². The van der Waals surface area contributed by atoms with Crippen molar-refractivity contribution < 1.29 is 23.0 Å². The van der Waals surface area contributed by atoms with Gasteiger partial charge in [0.25, 0.3) is 12.3 Å². The lowest BCUT2D eigenvalue weighted by Crippen LogP contribution is -2.45. The van der Waals surface area contributed by atoms with Crippen molar-refractivity contribution in [2.75, 3.05) is 13.2 Å². The number of alkyl halides is 2. The molecule has 1 fully saturated rings. The fourth-order valence-corrected chi connectivity index (χ4v) is 3.08. The highest BCUT2D eigenvalue weighted by Crippen LogP contribution is 2.28. The van der Waals surface area contributed by atoms with Crippen LogP contribution in [-0.4, -0.2) is 41.0 Å². The van der Waals surface area contributed by atoms with Gasteiger partial charge in [0.1, 0.15) is 6.10 Å². The molecule has 1 amide bonds. The minimum atomic E-state index is -2.67. The third-order valence-electron chi connectivity index (χ3n) is 3.45. The van der Waals surface area contributed by atoms with Crippen LogP contribution in [0.3, 0.4) is 0 Å². The summed E-state index contributed by atoms with van der Waals surface area (Å²) in [4.78, 5) is 12.0. The van der Waals surface area contributed by atoms with E-state index >= 15 is 0 Å². The van der Waals surface area contributed by atoms with Crippen molar-refractivity contribution in [2.24, 2.45) is 7.05 Å². The summed E-state index contributed by atoms with van der Waals surface area (Å²) in [6.45, 7) is 0.579. The van der Waals surface area contributed by atoms with Crippen molar-refractivity contribution in [3.63, 3.8) is 0 Å². The van der Waals surface area contributed by atoms with Gasteiger partial charge in [-0.3, -0.25) is 9.48 Å². The highest BCUT2D eigenvalue weighted by Gasteiger charge is 2.33. The Morgan fingerprint density at radius 3 is 3.09 bits per heavy atom. The minimum Gasteiger partial charge on any atom is -0.482 e. The summed E-state index contributed by atoms with van der Waals surface area (Å²) >= 11 is 0.866. The van der Waals surface area contributed by atoms with Crippen molar-refractivity contribution in [1.82, 2.24) is 15.1 Å². The molecule has 0 radical (unpaired) electrons. The van der Waals surface area contributed by atoms with E-state index in [4.69, 9.17) is 9.47 Å². The SMILES string of the molecule is Cn1cc(O[C@@H]2COC[C@@H]2NC(=O)c2ccsc2C(F)F)cn1. The van der Waals surface area contributed by atoms with Gasteiger partial charge in [-0.1, -0.05) is 0 Å². The lowest BCUT2D eigenvalue weighted by atomic mass is 10.1. The number of nitrogens with one attached hydrogen (secondary N) is 1. The number of carbonyl (C=O) groups is 1. The van der Waals surface area contributed by atoms with Crippen molar-refractivity contribution in [2.45, 2.75) is 18.6 Å². The molecule has 6 nitrogen and oxygen atoms in total. The number of rotatable bonds is 5. The predicted octanol–water partition coefficient (Wildman–Crippen LogP) is 2.00. The number of hydrogen-bond acceptors (Lipinski definition) is 5. The summed E-state index contributed by atoms with van der Waals surface area (Å²) in [5.74, 6) is 0.0166. The van der Waals surface area contributed by atoms with Crippen LogP contribution in [0.25, 0.3) is 0 Å². The average molecular weight is 343 g/mol. The van der Waals surface area contributed by atoms with E-state index in [9.17, 15) is 13.6 Å². The molecule has 0 unspecified atom stereocenters. The highest BCUT2D eigenvalue weighted by molar-refractivity contribution is 7.10. The van der Waals surface area contributed by atoms with Crippen LogP contribution in [0.1, 0.15) is 21.7 Å². The molecule has 3 rings (SSSR count). The van der Waals surface area contributed by atoms with Gasteiger partial charge in [-0.05, 0) is 11.4 Å². The van der Waals surface area contributed by atoms with Crippen molar-refractivity contribution in [1.29, 1.82) is 0 Å². The molecule has 2 atom stereocenters. The molecule has 2 aromatic heterocycles. The van der Waals surface area contributed by atoms with Crippen LogP contribution in [0, 0.1) is 0 Å². The molecule has 124 valence electrons. The maximum absolute atomic E-state index is 12.9. The van der Waals surface area contributed by atoms with Crippen LogP contribution >= 0.6 is 11.3 Å². The zero-order valence-corrected chi connectivity index (χ0v) is 13.1. The maximum Gasteiger partial charge on any atom is 0.273 e. The molecular weight excluding hydrogens is 328 g/mol. The van der Waals surface area contributed by atoms with E-state index in [1.165, 1.54) is 11.4 Å². The Hall–Kier alpha value is -2.00. The van der Waals surface area contributed by atoms with E-state index in [2.05, 4.69) is 10.4 Å². The van der Waals surface area contributed by atoms with E-state index in [1.54, 1.807) is 24.1 Å². The Morgan fingerprint density at radius 1 is 1.57 bits per heavy atom. The topological polar surface area (TPSA) is 65.4 Å². The van der Waals surface area contributed by atoms with E-state index in [1.807, 2.05) is 0 Å². The molecule has 1 aliphatic heterocycles. The van der Waals surface area contributed by atoms with Gasteiger partial charge in [0.2, 0.25) is 0 Å². The molecule has 23 heavy (non-hydrogen) atoms. The molecule has 2 aromatic rings. The van der Waals surface area contributed by atoms with Crippen molar-refractivity contribution >= 4 is 17.2 Å². The second kappa shape index (κ2) is 6.63. The van der Waals surface area contributed by atoms with E-state index < -0.39 is 24.5 Å². The minimum absolute atomic E-state index is 0.00275. The van der Waals surface area contributed by atoms with Crippen LogP contribution in [0.15, 0.2) is 23.8 Å². The van der Waals surface area contributed by atoms with Gasteiger partial charge in [-0.25, -0.2) is 8.78 Å². The number of nitrogens with zero attached hydrogens (tertiary/aromatic N) is 2. The van der Waals surface area contributed by atoms with Gasteiger partial charge in [0.05, 0.1) is 42.1 Å². The third kappa shape index (κ3) is 3.50. The first-order valence-electron chi connectivity index (χ1n) is 6.94. The number of carbonyl (C=O) groups excluding carboxylic acids is 1. The highest BCUT2D eigenvalue weighted by atomic mass is 32.1. The van der Waals surface area contributed by atoms with Gasteiger partial charge in [-0.2, -0.15) is 5.10 Å². The first-order valence-corrected chi connectivity index (χ1v) is 7.82. The van der Waals surface area contributed by atoms with Gasteiger partial charge in [0.15, 0.2) is 5.75 Å². The fourth-order valence-electron chi connectivity index (χ4n) is 2.34. The Kier molecular flexibility index (Phi) is 4.58. The molecule has 0 aliphatic carbocycles. The second-order valence-electron chi connectivity index (χ2n) is 5.12. The molecule has 1 N–H and O–H groups in total. The van der Waals surface area contributed by atoms with Gasteiger partial charge < -0.3 is 14.8 Å². The number of halogens is 2. The van der Waals surface area contributed by atoms with Gasteiger partial charge in [-0.15, -0.1) is 11.3 Å². The normalized spacial score (nSPS) is 20.9. The molecule has 0 saturated carbocycles. The summed E-state index contributed by atoms with van der Waals surface area (Å²) in [7, 11) is 1.76. The molecule has 0 bridgehead atoms. The quantitative estimate of drug-likeness (QED) is 0.902. The summed E-state index contributed by atoms with van der Waals surface area (Å²) < 4.78 is 38.4. The van der Waals surface area contributed by atoms with Crippen LogP contribution in [0.4, 0.5) is 8.78 Å². The Morgan fingerprint density at radius 2 is 2.39 bits per heavy atom. The van der Waals surface area contributed by atoms with Crippen molar-refractivity contribution in [3.8, 4) is 5.75 Å². The van der Waals surface area contributed by atoms with Gasteiger partial charge >= 0.3 is 0 Å². The largest absolute Gasteiger partial charge is 0.482 e. The summed E-state index contributed by atoms with van der Waals surface area (Å²) in [5, 5.41) is 8.19. The van der Waals surface area contributed by atoms with E-state index in [-0.39, 0.29) is 17.0 Å². The standard InChI is InChI=1S/C14H15F2N3O3S/c1-19-5-8(4-17-19)22-11-7-21-6-10(11)18-14(20)9-2-3-23-12(9)13(15)16/h2-5,10-11,13H,6-7H2,1H3,(H,18,20)/t10-,11+/m0/s1. The monoisotopic (exact) mass is 343 g/mol. The molecule has 9 heteroatoms. The smallest absolute Gasteiger partial charge is 0.273 e. The third-order valence-corrected chi connectivity index (χ3v) is 4.38. The van der Waals surface area contributed by atoms with Crippen molar-refractivity contribution in [3.05, 3.63) is 34.3 Å². The Bertz CT molecular complexity index is 688. The first-order chi connectivity index (χ1) is 11.0. The number of hydrogen-bond donors (Lipinski definition) is 1. The Labute approximate surface area is 135 Å². The molecule has 3 heterocycles. The predicted molar refractivity (Wildman–Crippen MR) is 79.0 cm³/mol. The van der Waals surface area contributed by atoms with Crippen LogP contribution < -0.4 is 10.1 Å².